The summed E-state index contributed by atoms with van der Waals surface area (Å²) in [7, 11) is 1.43. The molecule has 0 radical (unpaired) electrons. The molecule has 0 saturated heterocycles. The molecule has 31 heavy (non-hydrogen) atoms. The molecule has 0 bridgehead atoms. The summed E-state index contributed by atoms with van der Waals surface area (Å²) in [4.78, 5) is 43.7. The number of hydrazone groups is 1. The van der Waals surface area contributed by atoms with Crippen LogP contribution < -0.4 is 16.0 Å². The predicted molar refractivity (Wildman–Crippen MR) is 112 cm³/mol. The van der Waals surface area contributed by atoms with Crippen LogP contribution in [0.2, 0.25) is 0 Å². The molecule has 3 heterocycles. The van der Waals surface area contributed by atoms with Gasteiger partial charge in [0.1, 0.15) is 11.3 Å². The lowest BCUT2D eigenvalue weighted by atomic mass is 10.0. The lowest BCUT2D eigenvalue weighted by molar-refractivity contribution is -0.130. The summed E-state index contributed by atoms with van der Waals surface area (Å²) in [5.41, 5.74) is -0.680. The minimum absolute atomic E-state index is 0.159. The van der Waals surface area contributed by atoms with E-state index in [-0.39, 0.29) is 29.3 Å². The Kier molecular flexibility index (Phi) is 5.12. The van der Waals surface area contributed by atoms with Gasteiger partial charge >= 0.3 is 5.69 Å². The second-order valence-electron chi connectivity index (χ2n) is 6.88. The zero-order valence-corrected chi connectivity index (χ0v) is 16.8. The molecule has 10 heteroatoms. The number of aromatic hydroxyl groups is 1. The van der Waals surface area contributed by atoms with Gasteiger partial charge in [-0.3, -0.25) is 19.6 Å². The summed E-state index contributed by atoms with van der Waals surface area (Å²) in [6, 6.07) is 9.60. The van der Waals surface area contributed by atoms with Gasteiger partial charge in [-0.25, -0.2) is 14.4 Å². The van der Waals surface area contributed by atoms with Crippen molar-refractivity contribution in [3.63, 3.8) is 0 Å². The van der Waals surface area contributed by atoms with Crippen LogP contribution in [-0.4, -0.2) is 43.4 Å². The number of nitrogens with zero attached hydrogens (tertiary/aromatic N) is 4. The molecular formula is C21H19N5O5. The van der Waals surface area contributed by atoms with Crippen molar-refractivity contribution in [3.05, 3.63) is 80.8 Å². The van der Waals surface area contributed by atoms with Crippen LogP contribution in [0.25, 0.3) is 5.69 Å². The molecule has 1 atom stereocenters. The number of aromatic amines is 1. The smallest absolute Gasteiger partial charge is 0.335 e. The number of nitrogens with one attached hydrogen (secondary N) is 1. The molecule has 2 aromatic heterocycles. The monoisotopic (exact) mass is 421 g/mol. The van der Waals surface area contributed by atoms with Gasteiger partial charge in [-0.05, 0) is 23.8 Å². The molecule has 4 rings (SSSR count). The molecule has 1 aliphatic heterocycles. The van der Waals surface area contributed by atoms with Gasteiger partial charge < -0.3 is 9.84 Å². The second kappa shape index (κ2) is 7.90. The maximum absolute atomic E-state index is 12.6. The SMILES string of the molecule is COc1ccccc1-n1c(O)c(C2=NN(C(C)=O)[C@H](c3cccnc3)C2)c(=O)[nH]c1=O. The highest BCUT2D eigenvalue weighted by Gasteiger charge is 2.34. The van der Waals surface area contributed by atoms with E-state index in [1.807, 2.05) is 0 Å². The molecule has 1 aromatic carbocycles. The fourth-order valence-electron chi connectivity index (χ4n) is 3.61. The van der Waals surface area contributed by atoms with Crippen LogP contribution in [0.5, 0.6) is 11.6 Å². The molecule has 0 fully saturated rings. The van der Waals surface area contributed by atoms with Gasteiger partial charge in [0.2, 0.25) is 11.8 Å². The van der Waals surface area contributed by atoms with Crippen LogP contribution in [-0.2, 0) is 4.79 Å². The molecule has 158 valence electrons. The van der Waals surface area contributed by atoms with Crippen LogP contribution in [0, 0.1) is 0 Å². The number of benzene rings is 1. The zero-order valence-electron chi connectivity index (χ0n) is 16.8. The molecule has 1 amide bonds. The van der Waals surface area contributed by atoms with E-state index in [2.05, 4.69) is 15.1 Å². The fraction of sp³-hybridized carbons (Fsp3) is 0.190. The van der Waals surface area contributed by atoms with Crippen molar-refractivity contribution in [2.45, 2.75) is 19.4 Å². The highest BCUT2D eigenvalue weighted by molar-refractivity contribution is 6.04. The minimum Gasteiger partial charge on any atom is -0.495 e. The lowest BCUT2D eigenvalue weighted by Crippen LogP contribution is -2.33. The highest BCUT2D eigenvalue weighted by atomic mass is 16.5. The molecule has 0 aliphatic carbocycles. The summed E-state index contributed by atoms with van der Waals surface area (Å²) >= 11 is 0. The summed E-state index contributed by atoms with van der Waals surface area (Å²) in [6.07, 6.45) is 3.38. The number of hydrogen-bond donors (Lipinski definition) is 2. The zero-order chi connectivity index (χ0) is 22.1. The number of para-hydroxylation sites is 2. The number of hydrogen-bond acceptors (Lipinski definition) is 7. The third kappa shape index (κ3) is 3.48. The maximum Gasteiger partial charge on any atom is 0.335 e. The van der Waals surface area contributed by atoms with Crippen LogP contribution >= 0.6 is 0 Å². The van der Waals surface area contributed by atoms with E-state index in [1.165, 1.54) is 19.0 Å². The van der Waals surface area contributed by atoms with Crippen LogP contribution in [0.3, 0.4) is 0 Å². The summed E-state index contributed by atoms with van der Waals surface area (Å²) in [5, 5.41) is 16.5. The number of carbonyl (C=O) groups excluding carboxylic acids is 1. The Morgan fingerprint density at radius 3 is 2.68 bits per heavy atom. The van der Waals surface area contributed by atoms with E-state index in [0.717, 1.165) is 10.1 Å². The van der Waals surface area contributed by atoms with Crippen molar-refractivity contribution in [2.75, 3.05) is 7.11 Å². The van der Waals surface area contributed by atoms with Crippen molar-refractivity contribution in [1.29, 1.82) is 0 Å². The summed E-state index contributed by atoms with van der Waals surface area (Å²) in [5.74, 6) is -0.602. The van der Waals surface area contributed by atoms with Gasteiger partial charge in [0.25, 0.3) is 5.56 Å². The topological polar surface area (TPSA) is 130 Å². The van der Waals surface area contributed by atoms with E-state index in [1.54, 1.807) is 48.8 Å². The predicted octanol–water partition coefficient (Wildman–Crippen LogP) is 1.33. The first-order chi connectivity index (χ1) is 14.9. The van der Waals surface area contributed by atoms with Gasteiger partial charge in [0, 0.05) is 25.7 Å². The van der Waals surface area contributed by atoms with Crippen molar-refractivity contribution >= 4 is 11.6 Å². The average Bonchev–Trinajstić information content (AvgIpc) is 3.19. The largest absolute Gasteiger partial charge is 0.495 e. The first kappa shape index (κ1) is 20.1. The minimum atomic E-state index is -0.832. The number of rotatable bonds is 4. The molecule has 10 nitrogen and oxygen atoms in total. The van der Waals surface area contributed by atoms with Crippen LogP contribution in [0.1, 0.15) is 30.5 Å². The van der Waals surface area contributed by atoms with E-state index in [0.29, 0.717) is 5.75 Å². The van der Waals surface area contributed by atoms with E-state index < -0.39 is 23.2 Å². The van der Waals surface area contributed by atoms with Gasteiger partial charge in [0.15, 0.2) is 0 Å². The lowest BCUT2D eigenvalue weighted by Gasteiger charge is -2.19. The molecule has 0 saturated carbocycles. The fourth-order valence-corrected chi connectivity index (χ4v) is 3.61. The molecule has 0 spiro atoms. The van der Waals surface area contributed by atoms with Crippen LogP contribution in [0.4, 0.5) is 0 Å². The average molecular weight is 421 g/mol. The number of ether oxygens (including phenoxy) is 1. The maximum atomic E-state index is 12.6. The number of H-pyrrole nitrogens is 1. The Morgan fingerprint density at radius 2 is 2.00 bits per heavy atom. The molecule has 1 aliphatic rings. The number of methoxy groups -OCH3 is 1. The van der Waals surface area contributed by atoms with Gasteiger partial charge in [-0.2, -0.15) is 5.10 Å². The number of pyridine rings is 1. The Bertz CT molecular complexity index is 1300. The Balaban J connectivity index is 1.87. The third-order valence-electron chi connectivity index (χ3n) is 5.00. The van der Waals surface area contributed by atoms with Gasteiger partial charge in [-0.1, -0.05) is 18.2 Å². The standard InChI is InChI=1S/C21H19N5O5/c1-12(27)26-16(13-6-5-9-22-11-13)10-14(24-26)18-19(28)23-21(30)25(20(18)29)15-7-3-4-8-17(15)31-2/h3-9,11,16,29H,10H2,1-2H3,(H,23,28,30)/t16-/m0/s1. The summed E-state index contributed by atoms with van der Waals surface area (Å²) < 4.78 is 6.21. The van der Waals surface area contributed by atoms with E-state index in [4.69, 9.17) is 4.74 Å². The Labute approximate surface area is 176 Å². The number of aromatic nitrogens is 3. The van der Waals surface area contributed by atoms with Crippen molar-refractivity contribution in [1.82, 2.24) is 19.5 Å². The highest BCUT2D eigenvalue weighted by Crippen LogP contribution is 2.34. The first-order valence-corrected chi connectivity index (χ1v) is 9.41. The third-order valence-corrected chi connectivity index (χ3v) is 5.00. The summed E-state index contributed by atoms with van der Waals surface area (Å²) in [6.45, 7) is 1.36. The normalized spacial score (nSPS) is 15.6. The molecule has 3 aromatic rings. The molecule has 0 unspecified atom stereocenters. The van der Waals surface area contributed by atoms with Crippen molar-refractivity contribution < 1.29 is 14.6 Å². The van der Waals surface area contributed by atoms with Gasteiger partial charge in [0.05, 0.1) is 24.6 Å². The van der Waals surface area contributed by atoms with E-state index >= 15 is 0 Å². The molecule has 2 N–H and O–H groups in total. The number of amides is 1. The van der Waals surface area contributed by atoms with Gasteiger partial charge in [-0.15, -0.1) is 0 Å². The quantitative estimate of drug-likeness (QED) is 0.654. The van der Waals surface area contributed by atoms with Crippen molar-refractivity contribution in [2.24, 2.45) is 5.10 Å². The Morgan fingerprint density at radius 1 is 1.23 bits per heavy atom. The number of carbonyl (C=O) groups is 1. The van der Waals surface area contributed by atoms with E-state index in [9.17, 15) is 19.5 Å². The van der Waals surface area contributed by atoms with Crippen LogP contribution in [0.15, 0.2) is 63.5 Å². The first-order valence-electron chi connectivity index (χ1n) is 9.41. The second-order valence-corrected chi connectivity index (χ2v) is 6.88. The molecular weight excluding hydrogens is 402 g/mol. The Hall–Kier alpha value is -4.21. The van der Waals surface area contributed by atoms with Crippen molar-refractivity contribution in [3.8, 4) is 17.3 Å².